The van der Waals surface area contributed by atoms with E-state index in [0.29, 0.717) is 12.1 Å². The number of anilines is 1. The number of carbonyl (C=O) groups is 2. The molecule has 7 nitrogen and oxygen atoms in total. The standard InChI is InChI=1S/C13H12N2O5/c16-12-10-2-1-3-11(10)20-13(17)14(12)8-4-6-9(7-5-8)15(18)19/h4-7,10-11H,1-3H2/t10-,11-/m0/s1. The fraction of sp³-hybridized carbons (Fsp3) is 0.385. The predicted molar refractivity (Wildman–Crippen MR) is 68.2 cm³/mol. The van der Waals surface area contributed by atoms with Gasteiger partial charge in [-0.05, 0) is 31.4 Å². The molecule has 0 N–H and O–H groups in total. The van der Waals surface area contributed by atoms with Crippen molar-refractivity contribution in [1.29, 1.82) is 0 Å². The van der Waals surface area contributed by atoms with Crippen molar-refractivity contribution in [3.05, 3.63) is 34.4 Å². The van der Waals surface area contributed by atoms with E-state index in [9.17, 15) is 19.7 Å². The molecule has 1 aliphatic heterocycles. The molecule has 1 aromatic carbocycles. The van der Waals surface area contributed by atoms with E-state index < -0.39 is 11.0 Å². The minimum atomic E-state index is -0.702. The summed E-state index contributed by atoms with van der Waals surface area (Å²) in [5.74, 6) is -0.569. The molecule has 2 amide bonds. The first-order valence-electron chi connectivity index (χ1n) is 6.37. The molecule has 0 radical (unpaired) electrons. The van der Waals surface area contributed by atoms with Gasteiger partial charge in [-0.1, -0.05) is 0 Å². The number of imide groups is 1. The molecule has 7 heteroatoms. The quantitative estimate of drug-likeness (QED) is 0.610. The number of hydrogen-bond donors (Lipinski definition) is 0. The molecule has 0 unspecified atom stereocenters. The minimum Gasteiger partial charge on any atom is -0.445 e. The van der Waals surface area contributed by atoms with Crippen LogP contribution in [0.4, 0.5) is 16.2 Å². The molecular weight excluding hydrogens is 264 g/mol. The van der Waals surface area contributed by atoms with Gasteiger partial charge in [-0.2, -0.15) is 0 Å². The van der Waals surface area contributed by atoms with Crippen LogP contribution in [0.3, 0.4) is 0 Å². The number of ether oxygens (including phenoxy) is 1. The van der Waals surface area contributed by atoms with Crippen LogP contribution in [-0.4, -0.2) is 23.0 Å². The number of fused-ring (bicyclic) bond motifs is 1. The Labute approximate surface area is 114 Å². The Morgan fingerprint density at radius 2 is 1.90 bits per heavy atom. The van der Waals surface area contributed by atoms with Crippen LogP contribution < -0.4 is 4.90 Å². The molecular formula is C13H12N2O5. The molecule has 1 aromatic rings. The summed E-state index contributed by atoms with van der Waals surface area (Å²) in [4.78, 5) is 35.3. The number of amides is 2. The van der Waals surface area contributed by atoms with Crippen LogP contribution >= 0.6 is 0 Å². The van der Waals surface area contributed by atoms with Crippen LogP contribution in [0.1, 0.15) is 19.3 Å². The molecule has 2 aliphatic rings. The maximum absolute atomic E-state index is 12.3. The van der Waals surface area contributed by atoms with E-state index in [1.165, 1.54) is 24.3 Å². The van der Waals surface area contributed by atoms with Crippen LogP contribution in [0.15, 0.2) is 24.3 Å². The minimum absolute atomic E-state index is 0.0923. The average molecular weight is 276 g/mol. The Morgan fingerprint density at radius 3 is 2.55 bits per heavy atom. The summed E-state index contributed by atoms with van der Waals surface area (Å²) in [6.45, 7) is 0. The van der Waals surface area contributed by atoms with Gasteiger partial charge in [-0.3, -0.25) is 14.9 Å². The Hall–Kier alpha value is -2.44. The summed E-state index contributed by atoms with van der Waals surface area (Å²) < 4.78 is 5.26. The third-order valence-electron chi connectivity index (χ3n) is 3.74. The van der Waals surface area contributed by atoms with Gasteiger partial charge in [0.25, 0.3) is 5.69 Å². The van der Waals surface area contributed by atoms with Crippen LogP contribution in [0.2, 0.25) is 0 Å². The highest BCUT2D eigenvalue weighted by molar-refractivity contribution is 6.14. The lowest BCUT2D eigenvalue weighted by Gasteiger charge is -2.32. The first-order valence-corrected chi connectivity index (χ1v) is 6.37. The van der Waals surface area contributed by atoms with E-state index in [1.807, 2.05) is 0 Å². The second kappa shape index (κ2) is 4.59. The van der Waals surface area contributed by atoms with Crippen molar-refractivity contribution in [2.45, 2.75) is 25.4 Å². The first-order chi connectivity index (χ1) is 9.58. The molecule has 20 heavy (non-hydrogen) atoms. The number of benzene rings is 1. The predicted octanol–water partition coefficient (Wildman–Crippen LogP) is 2.25. The molecule has 1 saturated carbocycles. The third-order valence-corrected chi connectivity index (χ3v) is 3.74. The zero-order valence-corrected chi connectivity index (χ0v) is 10.5. The fourth-order valence-corrected chi connectivity index (χ4v) is 2.74. The van der Waals surface area contributed by atoms with Crippen LogP contribution in [0, 0.1) is 16.0 Å². The molecule has 104 valence electrons. The number of nitro benzene ring substituents is 1. The number of non-ortho nitro benzene ring substituents is 1. The monoisotopic (exact) mass is 276 g/mol. The molecule has 0 aromatic heterocycles. The van der Waals surface area contributed by atoms with Crippen molar-refractivity contribution in [3.63, 3.8) is 0 Å². The Bertz CT molecular complexity index is 583. The van der Waals surface area contributed by atoms with Gasteiger partial charge in [0.1, 0.15) is 6.10 Å². The summed E-state index contributed by atoms with van der Waals surface area (Å²) in [6.07, 6.45) is 1.27. The molecule has 1 aliphatic carbocycles. The highest BCUT2D eigenvalue weighted by Gasteiger charge is 2.46. The molecule has 0 spiro atoms. The van der Waals surface area contributed by atoms with Crippen molar-refractivity contribution < 1.29 is 19.2 Å². The van der Waals surface area contributed by atoms with Crippen LogP contribution in [0.5, 0.6) is 0 Å². The number of nitrogens with zero attached hydrogens (tertiary/aromatic N) is 2. The van der Waals surface area contributed by atoms with E-state index >= 15 is 0 Å². The highest BCUT2D eigenvalue weighted by atomic mass is 16.6. The highest BCUT2D eigenvalue weighted by Crippen LogP contribution is 2.36. The molecule has 3 rings (SSSR count). The topological polar surface area (TPSA) is 89.8 Å². The lowest BCUT2D eigenvalue weighted by Crippen LogP contribution is -2.50. The number of nitro groups is 1. The summed E-state index contributed by atoms with van der Waals surface area (Å²) in [6, 6.07) is 5.28. The summed E-state index contributed by atoms with van der Waals surface area (Å²) >= 11 is 0. The Balaban J connectivity index is 1.90. The van der Waals surface area contributed by atoms with Gasteiger partial charge in [0.15, 0.2) is 0 Å². The van der Waals surface area contributed by atoms with Gasteiger partial charge in [0.2, 0.25) is 5.91 Å². The summed E-state index contributed by atoms with van der Waals surface area (Å²) in [5.41, 5.74) is 0.210. The van der Waals surface area contributed by atoms with Gasteiger partial charge in [-0.15, -0.1) is 0 Å². The van der Waals surface area contributed by atoms with Gasteiger partial charge < -0.3 is 4.74 Å². The smallest absolute Gasteiger partial charge is 0.421 e. The Morgan fingerprint density at radius 1 is 1.20 bits per heavy atom. The number of rotatable bonds is 2. The summed E-state index contributed by atoms with van der Waals surface area (Å²) in [5, 5.41) is 10.6. The zero-order chi connectivity index (χ0) is 14.3. The largest absolute Gasteiger partial charge is 0.445 e. The third kappa shape index (κ3) is 1.91. The van der Waals surface area contributed by atoms with Crippen molar-refractivity contribution in [1.82, 2.24) is 0 Å². The molecule has 1 heterocycles. The zero-order valence-electron chi connectivity index (χ0n) is 10.5. The van der Waals surface area contributed by atoms with Crippen molar-refractivity contribution in [2.75, 3.05) is 4.90 Å². The molecule has 1 saturated heterocycles. The second-order valence-corrected chi connectivity index (χ2v) is 4.91. The summed E-state index contributed by atoms with van der Waals surface area (Å²) in [7, 11) is 0. The van der Waals surface area contributed by atoms with Crippen molar-refractivity contribution in [3.8, 4) is 0 Å². The average Bonchev–Trinajstić information content (AvgIpc) is 2.87. The second-order valence-electron chi connectivity index (χ2n) is 4.91. The lowest BCUT2D eigenvalue weighted by atomic mass is 10.0. The number of carbonyl (C=O) groups excluding carboxylic acids is 2. The van der Waals surface area contributed by atoms with E-state index in [4.69, 9.17) is 4.74 Å². The lowest BCUT2D eigenvalue weighted by molar-refractivity contribution is -0.384. The number of hydrogen-bond acceptors (Lipinski definition) is 5. The van der Waals surface area contributed by atoms with Gasteiger partial charge >= 0.3 is 6.09 Å². The molecule has 2 atom stereocenters. The van der Waals surface area contributed by atoms with E-state index in [1.54, 1.807) is 0 Å². The van der Waals surface area contributed by atoms with Crippen molar-refractivity contribution in [2.24, 2.45) is 5.92 Å². The SMILES string of the molecule is O=C1O[C@H]2CCC[C@@H]2C(=O)N1c1ccc([N+](=O)[O-])cc1. The fourth-order valence-electron chi connectivity index (χ4n) is 2.74. The molecule has 2 fully saturated rings. The van der Waals surface area contributed by atoms with Crippen molar-refractivity contribution >= 4 is 23.4 Å². The van der Waals surface area contributed by atoms with Crippen LogP contribution in [-0.2, 0) is 9.53 Å². The van der Waals surface area contributed by atoms with E-state index in [0.717, 1.165) is 17.7 Å². The van der Waals surface area contributed by atoms with E-state index in [-0.39, 0.29) is 23.6 Å². The van der Waals surface area contributed by atoms with Gasteiger partial charge in [0.05, 0.1) is 16.5 Å². The maximum Gasteiger partial charge on any atom is 0.421 e. The molecule has 0 bridgehead atoms. The Kier molecular flexibility index (Phi) is 2.89. The van der Waals surface area contributed by atoms with Gasteiger partial charge in [-0.25, -0.2) is 9.69 Å². The van der Waals surface area contributed by atoms with E-state index in [2.05, 4.69) is 0 Å². The van der Waals surface area contributed by atoms with Gasteiger partial charge in [0, 0.05) is 12.1 Å². The maximum atomic E-state index is 12.3. The normalized spacial score (nSPS) is 25.3. The first kappa shape index (κ1) is 12.6. The van der Waals surface area contributed by atoms with Crippen LogP contribution in [0.25, 0.3) is 0 Å².